The van der Waals surface area contributed by atoms with Gasteiger partial charge in [-0.05, 0) is 50.1 Å². The van der Waals surface area contributed by atoms with Crippen molar-refractivity contribution in [2.24, 2.45) is 0 Å². The van der Waals surface area contributed by atoms with Gasteiger partial charge in [-0.2, -0.15) is 0 Å². The lowest BCUT2D eigenvalue weighted by atomic mass is 10.0. The van der Waals surface area contributed by atoms with Crippen LogP contribution in [0, 0.1) is 13.8 Å². The molecule has 2 rings (SSSR count). The molecule has 2 aromatic rings. The van der Waals surface area contributed by atoms with Crippen molar-refractivity contribution in [1.82, 2.24) is 10.3 Å². The van der Waals surface area contributed by atoms with Gasteiger partial charge in [0.15, 0.2) is 0 Å². The smallest absolute Gasteiger partial charge is 0.414 e. The number of aliphatic carboxylic acids is 2. The summed E-state index contributed by atoms with van der Waals surface area (Å²) in [5, 5.41) is 27.7. The van der Waals surface area contributed by atoms with Gasteiger partial charge in [0, 0.05) is 29.6 Å². The van der Waals surface area contributed by atoms with Crippen LogP contribution >= 0.6 is 0 Å². The number of aromatic amines is 1. The molecule has 0 bridgehead atoms. The van der Waals surface area contributed by atoms with Crippen molar-refractivity contribution < 1.29 is 24.9 Å². The molecule has 0 fully saturated rings. The summed E-state index contributed by atoms with van der Waals surface area (Å²) in [4.78, 5) is 33.1. The average Bonchev–Trinajstić information content (AvgIpc) is 2.52. The van der Waals surface area contributed by atoms with Crippen LogP contribution in [0.3, 0.4) is 0 Å². The van der Waals surface area contributed by atoms with Gasteiger partial charge in [0.2, 0.25) is 0 Å². The molecule has 0 saturated heterocycles. The van der Waals surface area contributed by atoms with Gasteiger partial charge < -0.3 is 25.6 Å². The molecule has 0 unspecified atom stereocenters. The Balaban J connectivity index is 0.000000450. The van der Waals surface area contributed by atoms with E-state index >= 15 is 0 Å². The normalized spacial score (nSPS) is 10.2. The lowest BCUT2D eigenvalue weighted by Crippen LogP contribution is -2.22. The summed E-state index contributed by atoms with van der Waals surface area (Å²) in [6.07, 6.45) is 0.698. The minimum absolute atomic E-state index is 0.0472. The highest BCUT2D eigenvalue weighted by Gasteiger charge is 2.05. The van der Waals surface area contributed by atoms with Crippen molar-refractivity contribution in [2.75, 3.05) is 13.2 Å². The summed E-state index contributed by atoms with van der Waals surface area (Å²) in [5.74, 6) is -3.65. The van der Waals surface area contributed by atoms with E-state index in [0.29, 0.717) is 19.5 Å². The largest absolute Gasteiger partial charge is 0.473 e. The van der Waals surface area contributed by atoms with Crippen molar-refractivity contribution in [2.45, 2.75) is 26.8 Å². The lowest BCUT2D eigenvalue weighted by Gasteiger charge is -2.08. The molecule has 25 heavy (non-hydrogen) atoms. The predicted octanol–water partition coefficient (Wildman–Crippen LogP) is 0.773. The first kappa shape index (κ1) is 20.3. The van der Waals surface area contributed by atoms with E-state index in [1.807, 2.05) is 19.1 Å². The van der Waals surface area contributed by atoms with E-state index in [1.54, 1.807) is 0 Å². The average molecular weight is 350 g/mol. The minimum Gasteiger partial charge on any atom is -0.473 e. The third-order valence-corrected chi connectivity index (χ3v) is 3.40. The number of H-pyrrole nitrogens is 1. The van der Waals surface area contributed by atoms with E-state index < -0.39 is 11.9 Å². The zero-order valence-corrected chi connectivity index (χ0v) is 14.1. The van der Waals surface area contributed by atoms with Crippen LogP contribution in [0.25, 0.3) is 10.9 Å². The molecule has 0 aliphatic rings. The molecule has 0 aliphatic carbocycles. The van der Waals surface area contributed by atoms with Gasteiger partial charge in [-0.1, -0.05) is 6.07 Å². The third kappa shape index (κ3) is 6.36. The van der Waals surface area contributed by atoms with E-state index in [-0.39, 0.29) is 12.2 Å². The van der Waals surface area contributed by atoms with E-state index in [1.165, 1.54) is 5.56 Å². The Bertz CT molecular complexity index is 801. The highest BCUT2D eigenvalue weighted by atomic mass is 16.4. The molecule has 0 radical (unpaired) electrons. The maximum absolute atomic E-state index is 12.0. The van der Waals surface area contributed by atoms with Gasteiger partial charge in [-0.15, -0.1) is 0 Å². The van der Waals surface area contributed by atoms with Crippen LogP contribution in [0.5, 0.6) is 0 Å². The fourth-order valence-corrected chi connectivity index (χ4v) is 2.27. The fourth-order valence-electron chi connectivity index (χ4n) is 2.27. The number of hydrogen-bond donors (Lipinski definition) is 5. The van der Waals surface area contributed by atoms with Crippen molar-refractivity contribution >= 4 is 22.8 Å². The Hall–Kier alpha value is -2.71. The second-order valence-electron chi connectivity index (χ2n) is 5.53. The summed E-state index contributed by atoms with van der Waals surface area (Å²) in [6, 6.07) is 6.06. The van der Waals surface area contributed by atoms with Gasteiger partial charge in [-0.25, -0.2) is 9.59 Å². The second kappa shape index (κ2) is 9.55. The van der Waals surface area contributed by atoms with E-state index in [2.05, 4.69) is 23.3 Å². The summed E-state index contributed by atoms with van der Waals surface area (Å²) >= 11 is 0. The van der Waals surface area contributed by atoms with E-state index in [9.17, 15) is 4.79 Å². The number of carboxylic acid groups (broad SMARTS) is 2. The maximum atomic E-state index is 12.0. The zero-order valence-electron chi connectivity index (χ0n) is 14.1. The van der Waals surface area contributed by atoms with Gasteiger partial charge in [0.25, 0.3) is 5.56 Å². The summed E-state index contributed by atoms with van der Waals surface area (Å²) < 4.78 is 0. The number of hydrogen-bond acceptors (Lipinski definition) is 5. The standard InChI is InChI=1S/C15H20N2O2.C2H2O4/c1-10-6-11(2)13-8-12(9-16-4-3-5-18)15(19)17-14(13)7-10;3-1(4)2(5)6/h6-8,16,18H,3-5,9H2,1-2H3,(H,17,19);(H,3,4)(H,5,6). The number of aliphatic hydroxyl groups excluding tert-OH is 1. The van der Waals surface area contributed by atoms with Crippen LogP contribution in [0.2, 0.25) is 0 Å². The van der Waals surface area contributed by atoms with Gasteiger partial charge >= 0.3 is 11.9 Å². The summed E-state index contributed by atoms with van der Waals surface area (Å²) in [7, 11) is 0. The SMILES string of the molecule is Cc1cc(C)c2cc(CNCCCO)c(=O)[nH]c2c1.O=C(O)C(=O)O. The highest BCUT2D eigenvalue weighted by Crippen LogP contribution is 2.18. The molecule has 0 atom stereocenters. The number of carbonyl (C=O) groups is 2. The fraction of sp³-hybridized carbons (Fsp3) is 0.353. The van der Waals surface area contributed by atoms with Gasteiger partial charge in [-0.3, -0.25) is 4.79 Å². The monoisotopic (exact) mass is 350 g/mol. The molecule has 0 saturated carbocycles. The molecule has 1 heterocycles. The van der Waals surface area contributed by atoms with Gasteiger partial charge in [0.05, 0.1) is 0 Å². The molecule has 1 aromatic carbocycles. The molecular weight excluding hydrogens is 328 g/mol. The maximum Gasteiger partial charge on any atom is 0.414 e. The number of rotatable bonds is 5. The Morgan fingerprint density at radius 3 is 2.32 bits per heavy atom. The van der Waals surface area contributed by atoms with Crippen LogP contribution in [-0.4, -0.2) is 45.4 Å². The highest BCUT2D eigenvalue weighted by molar-refractivity contribution is 6.27. The first-order valence-electron chi connectivity index (χ1n) is 7.67. The Morgan fingerprint density at radius 2 is 1.76 bits per heavy atom. The quantitative estimate of drug-likeness (QED) is 0.396. The van der Waals surface area contributed by atoms with Crippen LogP contribution in [0.4, 0.5) is 0 Å². The van der Waals surface area contributed by atoms with E-state index in [0.717, 1.165) is 22.0 Å². The van der Waals surface area contributed by atoms with Crippen LogP contribution in [0.1, 0.15) is 23.1 Å². The summed E-state index contributed by atoms with van der Waals surface area (Å²) in [6.45, 7) is 5.48. The molecule has 1 aromatic heterocycles. The molecule has 0 amide bonds. The zero-order chi connectivity index (χ0) is 19.0. The molecular formula is C17H22N2O6. The van der Waals surface area contributed by atoms with Crippen molar-refractivity contribution in [3.63, 3.8) is 0 Å². The number of nitrogens with one attached hydrogen (secondary N) is 2. The molecule has 8 heteroatoms. The number of aliphatic hydroxyl groups is 1. The van der Waals surface area contributed by atoms with E-state index in [4.69, 9.17) is 24.9 Å². The number of carboxylic acids is 2. The first-order valence-corrected chi connectivity index (χ1v) is 7.67. The van der Waals surface area contributed by atoms with Crippen molar-refractivity contribution in [3.05, 3.63) is 45.2 Å². The number of aryl methyl sites for hydroxylation is 2. The number of aromatic nitrogens is 1. The number of fused-ring (bicyclic) bond motifs is 1. The van der Waals surface area contributed by atoms with Crippen LogP contribution in [0.15, 0.2) is 23.0 Å². The Morgan fingerprint density at radius 1 is 1.12 bits per heavy atom. The number of benzene rings is 1. The lowest BCUT2D eigenvalue weighted by molar-refractivity contribution is -0.159. The summed E-state index contributed by atoms with van der Waals surface area (Å²) in [5.41, 5.74) is 3.89. The Kier molecular flexibility index (Phi) is 7.77. The second-order valence-corrected chi connectivity index (χ2v) is 5.53. The minimum atomic E-state index is -1.82. The molecule has 0 spiro atoms. The van der Waals surface area contributed by atoms with Gasteiger partial charge in [0.1, 0.15) is 0 Å². The van der Waals surface area contributed by atoms with Crippen molar-refractivity contribution in [3.8, 4) is 0 Å². The first-order chi connectivity index (χ1) is 11.8. The number of pyridine rings is 1. The van der Waals surface area contributed by atoms with Crippen LogP contribution in [-0.2, 0) is 16.1 Å². The topological polar surface area (TPSA) is 140 Å². The predicted molar refractivity (Wildman–Crippen MR) is 92.7 cm³/mol. The third-order valence-electron chi connectivity index (χ3n) is 3.40. The van der Waals surface area contributed by atoms with Crippen molar-refractivity contribution in [1.29, 1.82) is 0 Å². The molecule has 136 valence electrons. The molecule has 5 N–H and O–H groups in total. The Labute approximate surface area is 144 Å². The molecule has 0 aliphatic heterocycles. The van der Waals surface area contributed by atoms with Crippen LogP contribution < -0.4 is 10.9 Å². The molecule has 8 nitrogen and oxygen atoms in total.